The maximum Gasteiger partial charge on any atom is 0.137 e. The van der Waals surface area contributed by atoms with Crippen LogP contribution >= 0.6 is 12.2 Å². The second-order valence-corrected chi connectivity index (χ2v) is 5.10. The van der Waals surface area contributed by atoms with Crippen LogP contribution in [0.15, 0.2) is 18.3 Å². The van der Waals surface area contributed by atoms with Crippen molar-refractivity contribution in [3.63, 3.8) is 0 Å². The van der Waals surface area contributed by atoms with E-state index in [9.17, 15) is 0 Å². The number of aromatic nitrogens is 1. The molecule has 1 aliphatic rings. The smallest absolute Gasteiger partial charge is 0.137 e. The second-order valence-electron chi connectivity index (χ2n) is 4.66. The maximum absolute atomic E-state index is 5.68. The Kier molecular flexibility index (Phi) is 4.49. The second kappa shape index (κ2) is 6.11. The Balaban J connectivity index is 1.78. The zero-order chi connectivity index (χ0) is 13.0. The van der Waals surface area contributed by atoms with Crippen LogP contribution in [-0.4, -0.2) is 41.1 Å². The summed E-state index contributed by atoms with van der Waals surface area (Å²) >= 11 is 4.85. The summed E-state index contributed by atoms with van der Waals surface area (Å²) in [5, 5.41) is 0. The quantitative estimate of drug-likeness (QED) is 0.819. The van der Waals surface area contributed by atoms with Crippen molar-refractivity contribution in [3.05, 3.63) is 24.0 Å². The largest absolute Gasteiger partial charge is 0.492 e. The minimum absolute atomic E-state index is 0.314. The van der Waals surface area contributed by atoms with E-state index in [0.717, 1.165) is 18.8 Å². The monoisotopic (exact) mass is 265 g/mol. The summed E-state index contributed by atoms with van der Waals surface area (Å²) in [6, 6.07) is 4.31. The lowest BCUT2D eigenvalue weighted by Crippen LogP contribution is -2.26. The molecule has 0 saturated carbocycles. The molecule has 0 radical (unpaired) electrons. The van der Waals surface area contributed by atoms with Crippen molar-refractivity contribution >= 4 is 17.2 Å². The van der Waals surface area contributed by atoms with E-state index in [1.54, 1.807) is 12.3 Å². The summed E-state index contributed by atoms with van der Waals surface area (Å²) < 4.78 is 5.68. The molecule has 1 aromatic rings. The van der Waals surface area contributed by atoms with Crippen LogP contribution in [-0.2, 0) is 0 Å². The van der Waals surface area contributed by atoms with Gasteiger partial charge in [0, 0.05) is 6.04 Å². The summed E-state index contributed by atoms with van der Waals surface area (Å²) in [6.07, 6.45) is 5.31. The minimum Gasteiger partial charge on any atom is -0.492 e. The van der Waals surface area contributed by atoms with E-state index < -0.39 is 0 Å². The Morgan fingerprint density at radius 2 is 2.44 bits per heavy atom. The Bertz CT molecular complexity index is 407. The number of likely N-dealkylation sites (tertiary alicyclic amines) is 1. The van der Waals surface area contributed by atoms with Gasteiger partial charge in [-0.05, 0) is 45.0 Å². The van der Waals surface area contributed by atoms with Crippen molar-refractivity contribution < 1.29 is 4.74 Å². The Morgan fingerprint density at radius 3 is 3.00 bits per heavy atom. The molecule has 0 bridgehead atoms. The SMILES string of the molecule is CN1CCCC1CCOc1ccc(C(N)=S)nc1. The van der Waals surface area contributed by atoms with E-state index in [0.29, 0.717) is 16.7 Å². The third-order valence-electron chi connectivity index (χ3n) is 3.38. The average Bonchev–Trinajstić information content (AvgIpc) is 2.76. The molecule has 5 heteroatoms. The molecular formula is C13H19N3OS. The minimum atomic E-state index is 0.314. The van der Waals surface area contributed by atoms with E-state index in [1.807, 2.05) is 6.07 Å². The fraction of sp³-hybridized carbons (Fsp3) is 0.538. The molecule has 98 valence electrons. The van der Waals surface area contributed by atoms with Crippen molar-refractivity contribution in [2.45, 2.75) is 25.3 Å². The number of ether oxygens (including phenoxy) is 1. The number of rotatable bonds is 5. The molecule has 1 saturated heterocycles. The van der Waals surface area contributed by atoms with Crippen molar-refractivity contribution in [1.29, 1.82) is 0 Å². The van der Waals surface area contributed by atoms with Crippen LogP contribution in [0.1, 0.15) is 25.0 Å². The van der Waals surface area contributed by atoms with Crippen LogP contribution in [0.4, 0.5) is 0 Å². The molecule has 2 rings (SSSR count). The van der Waals surface area contributed by atoms with E-state index in [1.165, 1.54) is 19.4 Å². The van der Waals surface area contributed by atoms with Gasteiger partial charge in [0.25, 0.3) is 0 Å². The Morgan fingerprint density at radius 1 is 1.61 bits per heavy atom. The molecular weight excluding hydrogens is 246 g/mol. The summed E-state index contributed by atoms with van der Waals surface area (Å²) in [5.41, 5.74) is 6.12. The number of nitrogens with zero attached hydrogens (tertiary/aromatic N) is 2. The highest BCUT2D eigenvalue weighted by Gasteiger charge is 2.20. The molecule has 1 fully saturated rings. The molecule has 18 heavy (non-hydrogen) atoms. The van der Waals surface area contributed by atoms with E-state index in [4.69, 9.17) is 22.7 Å². The standard InChI is InChI=1S/C13H19N3OS/c1-16-7-2-3-10(16)6-8-17-11-4-5-12(13(14)18)15-9-11/h4-5,9-10H,2-3,6-8H2,1H3,(H2,14,18). The highest BCUT2D eigenvalue weighted by atomic mass is 32.1. The predicted octanol–water partition coefficient (Wildman–Crippen LogP) is 1.58. The summed E-state index contributed by atoms with van der Waals surface area (Å²) in [5.74, 6) is 0.774. The van der Waals surface area contributed by atoms with Gasteiger partial charge in [0.2, 0.25) is 0 Å². The van der Waals surface area contributed by atoms with Crippen molar-refractivity contribution in [2.24, 2.45) is 5.73 Å². The first kappa shape index (κ1) is 13.2. The van der Waals surface area contributed by atoms with Gasteiger partial charge >= 0.3 is 0 Å². The molecule has 0 aliphatic carbocycles. The molecule has 1 unspecified atom stereocenters. The lowest BCUT2D eigenvalue weighted by Gasteiger charge is -2.19. The lowest BCUT2D eigenvalue weighted by molar-refractivity contribution is 0.233. The van der Waals surface area contributed by atoms with Crippen molar-refractivity contribution in [1.82, 2.24) is 9.88 Å². The first-order valence-electron chi connectivity index (χ1n) is 6.25. The molecule has 2 N–H and O–H groups in total. The third-order valence-corrected chi connectivity index (χ3v) is 3.59. The van der Waals surface area contributed by atoms with Crippen LogP contribution < -0.4 is 10.5 Å². The summed E-state index contributed by atoms with van der Waals surface area (Å²) in [4.78, 5) is 6.86. The highest BCUT2D eigenvalue weighted by molar-refractivity contribution is 7.80. The van der Waals surface area contributed by atoms with Gasteiger partial charge in [-0.25, -0.2) is 4.98 Å². The van der Waals surface area contributed by atoms with Gasteiger partial charge in [0.15, 0.2) is 0 Å². The van der Waals surface area contributed by atoms with Gasteiger partial charge < -0.3 is 15.4 Å². The van der Waals surface area contributed by atoms with Crippen molar-refractivity contribution in [2.75, 3.05) is 20.2 Å². The van der Waals surface area contributed by atoms with Crippen LogP contribution in [0, 0.1) is 0 Å². The highest BCUT2D eigenvalue weighted by Crippen LogP contribution is 2.18. The molecule has 1 aliphatic heterocycles. The fourth-order valence-electron chi connectivity index (χ4n) is 2.27. The topological polar surface area (TPSA) is 51.4 Å². The van der Waals surface area contributed by atoms with Crippen LogP contribution in [0.2, 0.25) is 0 Å². The summed E-state index contributed by atoms with van der Waals surface area (Å²) in [7, 11) is 2.18. The van der Waals surface area contributed by atoms with Gasteiger partial charge in [0.05, 0.1) is 18.5 Å². The fourth-order valence-corrected chi connectivity index (χ4v) is 2.39. The lowest BCUT2D eigenvalue weighted by atomic mass is 10.1. The third kappa shape index (κ3) is 3.40. The van der Waals surface area contributed by atoms with Gasteiger partial charge in [0.1, 0.15) is 10.7 Å². The maximum atomic E-state index is 5.68. The summed E-state index contributed by atoms with van der Waals surface area (Å²) in [6.45, 7) is 1.93. The number of hydrogen-bond acceptors (Lipinski definition) is 4. The van der Waals surface area contributed by atoms with Crippen LogP contribution in [0.3, 0.4) is 0 Å². The van der Waals surface area contributed by atoms with Crippen LogP contribution in [0.5, 0.6) is 5.75 Å². The average molecular weight is 265 g/mol. The van der Waals surface area contributed by atoms with Crippen molar-refractivity contribution in [3.8, 4) is 5.75 Å². The van der Waals surface area contributed by atoms with E-state index in [2.05, 4.69) is 16.9 Å². The number of hydrogen-bond donors (Lipinski definition) is 1. The van der Waals surface area contributed by atoms with Gasteiger partial charge in [-0.15, -0.1) is 0 Å². The number of nitrogens with two attached hydrogens (primary N) is 1. The van der Waals surface area contributed by atoms with Crippen LogP contribution in [0.25, 0.3) is 0 Å². The molecule has 1 atom stereocenters. The normalized spacial score (nSPS) is 19.9. The Labute approximate surface area is 113 Å². The zero-order valence-corrected chi connectivity index (χ0v) is 11.4. The molecule has 0 amide bonds. The zero-order valence-electron chi connectivity index (χ0n) is 10.6. The van der Waals surface area contributed by atoms with E-state index >= 15 is 0 Å². The first-order chi connectivity index (χ1) is 8.66. The molecule has 4 nitrogen and oxygen atoms in total. The molecule has 0 aromatic carbocycles. The molecule has 0 spiro atoms. The molecule has 1 aromatic heterocycles. The van der Waals surface area contributed by atoms with E-state index in [-0.39, 0.29) is 0 Å². The van der Waals surface area contributed by atoms with Gasteiger partial charge in [-0.3, -0.25) is 0 Å². The Hall–Kier alpha value is -1.20. The van der Waals surface area contributed by atoms with Gasteiger partial charge in [-0.1, -0.05) is 12.2 Å². The number of thiocarbonyl (C=S) groups is 1. The molecule has 2 heterocycles. The van der Waals surface area contributed by atoms with Gasteiger partial charge in [-0.2, -0.15) is 0 Å². The first-order valence-corrected chi connectivity index (χ1v) is 6.66. The number of pyridine rings is 1. The predicted molar refractivity (Wildman–Crippen MR) is 75.9 cm³/mol.